The molecule has 5 nitrogen and oxygen atoms in total. The lowest BCUT2D eigenvalue weighted by Crippen LogP contribution is -2.54. The van der Waals surface area contributed by atoms with Crippen LogP contribution in [0.4, 0.5) is 0 Å². The quantitative estimate of drug-likeness (QED) is 0.557. The first kappa shape index (κ1) is 18.2. The molecule has 0 heterocycles. The molecule has 0 aromatic heterocycles. The third-order valence-electron chi connectivity index (χ3n) is 2.88. The van der Waals surface area contributed by atoms with Crippen LogP contribution in [0.2, 0.25) is 0 Å². The van der Waals surface area contributed by atoms with Crippen LogP contribution in [0.1, 0.15) is 40.5 Å². The smallest absolute Gasteiger partial charge is 0.237 e. The topological polar surface area (TPSA) is 84.2 Å². The lowest BCUT2D eigenvalue weighted by atomic mass is 9.95. The normalized spacial score (nSPS) is 15.6. The maximum absolute atomic E-state index is 11.5. The molecular weight excluding hydrogens is 262 g/mol. The minimum absolute atomic E-state index is 0.0444. The molecule has 2 unspecified atom stereocenters. The van der Waals surface area contributed by atoms with Gasteiger partial charge in [0.2, 0.25) is 11.8 Å². The van der Waals surface area contributed by atoms with Gasteiger partial charge in [-0.1, -0.05) is 20.8 Å². The predicted octanol–water partition coefficient (Wildman–Crippen LogP) is 0.878. The molecule has 0 aromatic carbocycles. The Hall–Kier alpha value is -0.750. The summed E-state index contributed by atoms with van der Waals surface area (Å²) < 4.78 is 0. The summed E-state index contributed by atoms with van der Waals surface area (Å²) in [5, 5.41) is 6.14. The Morgan fingerprint density at radius 2 is 2.00 bits per heavy atom. The van der Waals surface area contributed by atoms with Crippen molar-refractivity contribution in [1.29, 1.82) is 0 Å². The molecule has 2 atom stereocenters. The molecule has 0 spiro atoms. The number of thioether (sulfide) groups is 1. The van der Waals surface area contributed by atoms with Crippen molar-refractivity contribution in [2.45, 2.75) is 51.3 Å². The van der Waals surface area contributed by atoms with Crippen LogP contribution in [0, 0.1) is 0 Å². The monoisotopic (exact) mass is 289 g/mol. The number of primary amides is 1. The molecule has 112 valence electrons. The van der Waals surface area contributed by atoms with Crippen molar-refractivity contribution in [3.63, 3.8) is 0 Å². The number of nitrogens with two attached hydrogens (primary N) is 1. The zero-order chi connectivity index (χ0) is 14.9. The molecule has 2 amide bonds. The Labute approximate surface area is 120 Å². The summed E-state index contributed by atoms with van der Waals surface area (Å²) in [5.41, 5.74) is 4.73. The molecule has 0 aliphatic heterocycles. The van der Waals surface area contributed by atoms with Gasteiger partial charge in [0.25, 0.3) is 0 Å². The first-order chi connectivity index (χ1) is 8.85. The number of rotatable bonds is 10. The minimum Gasteiger partial charge on any atom is -0.368 e. The Bertz CT molecular complexity index is 300. The highest BCUT2D eigenvalue weighted by molar-refractivity contribution is 8.00. The van der Waals surface area contributed by atoms with Gasteiger partial charge < -0.3 is 16.4 Å². The van der Waals surface area contributed by atoms with Crippen LogP contribution in [0.5, 0.6) is 0 Å². The van der Waals surface area contributed by atoms with Gasteiger partial charge in [-0.3, -0.25) is 9.59 Å². The van der Waals surface area contributed by atoms with Crippen LogP contribution in [-0.4, -0.2) is 41.4 Å². The molecule has 0 radical (unpaired) electrons. The van der Waals surface area contributed by atoms with Crippen molar-refractivity contribution in [1.82, 2.24) is 10.6 Å². The van der Waals surface area contributed by atoms with E-state index in [4.69, 9.17) is 5.73 Å². The fourth-order valence-electron chi connectivity index (χ4n) is 1.82. The number of hydrogen-bond acceptors (Lipinski definition) is 4. The molecule has 4 N–H and O–H groups in total. The van der Waals surface area contributed by atoms with E-state index in [-0.39, 0.29) is 17.1 Å². The molecule has 0 bridgehead atoms. The first-order valence-corrected chi connectivity index (χ1v) is 7.83. The van der Waals surface area contributed by atoms with E-state index >= 15 is 0 Å². The molecule has 0 saturated carbocycles. The van der Waals surface area contributed by atoms with E-state index in [9.17, 15) is 9.59 Å². The van der Waals surface area contributed by atoms with Crippen molar-refractivity contribution in [2.24, 2.45) is 5.73 Å². The Morgan fingerprint density at radius 1 is 1.37 bits per heavy atom. The van der Waals surface area contributed by atoms with Crippen LogP contribution >= 0.6 is 11.8 Å². The van der Waals surface area contributed by atoms with E-state index in [2.05, 4.69) is 10.6 Å². The maximum Gasteiger partial charge on any atom is 0.237 e. The third-order valence-corrected chi connectivity index (χ3v) is 4.04. The minimum atomic E-state index is -0.707. The maximum atomic E-state index is 11.5. The predicted molar refractivity (Wildman–Crippen MR) is 81.1 cm³/mol. The molecule has 0 aliphatic rings. The van der Waals surface area contributed by atoms with Gasteiger partial charge in [-0.05, 0) is 26.3 Å². The number of carbonyl (C=O) groups is 2. The molecule has 6 heteroatoms. The zero-order valence-electron chi connectivity index (χ0n) is 12.4. The Kier molecular flexibility index (Phi) is 8.84. The number of carbonyl (C=O) groups excluding carboxylic acids is 2. The largest absolute Gasteiger partial charge is 0.368 e. The number of amides is 2. The second-order valence-corrected chi connectivity index (χ2v) is 6.33. The van der Waals surface area contributed by atoms with Crippen molar-refractivity contribution in [2.75, 3.05) is 18.8 Å². The van der Waals surface area contributed by atoms with E-state index in [1.807, 2.05) is 27.7 Å². The van der Waals surface area contributed by atoms with Crippen molar-refractivity contribution in [3.05, 3.63) is 0 Å². The second-order valence-electron chi connectivity index (χ2n) is 4.90. The zero-order valence-corrected chi connectivity index (χ0v) is 13.2. The summed E-state index contributed by atoms with van der Waals surface area (Å²) in [6, 6.07) is 0. The van der Waals surface area contributed by atoms with Crippen LogP contribution in [-0.2, 0) is 9.59 Å². The SMILES string of the molecule is CCCNC(=O)CSC(C)CC(C)(NCC)C(N)=O. The van der Waals surface area contributed by atoms with E-state index in [0.29, 0.717) is 25.3 Å². The van der Waals surface area contributed by atoms with Gasteiger partial charge in [-0.2, -0.15) is 0 Å². The van der Waals surface area contributed by atoms with Gasteiger partial charge in [0, 0.05) is 11.8 Å². The van der Waals surface area contributed by atoms with Crippen molar-refractivity contribution >= 4 is 23.6 Å². The molecule has 0 saturated heterocycles. The van der Waals surface area contributed by atoms with E-state index in [1.165, 1.54) is 0 Å². The Balaban J connectivity index is 4.17. The summed E-state index contributed by atoms with van der Waals surface area (Å²) in [4.78, 5) is 23.0. The highest BCUT2D eigenvalue weighted by atomic mass is 32.2. The standard InChI is InChI=1S/C13H27N3O2S/c1-5-7-15-11(17)9-19-10(3)8-13(4,12(14)18)16-6-2/h10,16H,5-9H2,1-4H3,(H2,14,18)(H,15,17). The highest BCUT2D eigenvalue weighted by Crippen LogP contribution is 2.21. The summed E-state index contributed by atoms with van der Waals surface area (Å²) in [7, 11) is 0. The summed E-state index contributed by atoms with van der Waals surface area (Å²) in [5.74, 6) is 0.113. The first-order valence-electron chi connectivity index (χ1n) is 6.79. The van der Waals surface area contributed by atoms with Gasteiger partial charge >= 0.3 is 0 Å². The average Bonchev–Trinajstić information content (AvgIpc) is 2.33. The Morgan fingerprint density at radius 3 is 2.47 bits per heavy atom. The van der Waals surface area contributed by atoms with E-state index in [0.717, 1.165) is 6.42 Å². The average molecular weight is 289 g/mol. The lowest BCUT2D eigenvalue weighted by Gasteiger charge is -2.29. The molecular formula is C13H27N3O2S. The van der Waals surface area contributed by atoms with Crippen molar-refractivity contribution < 1.29 is 9.59 Å². The number of hydrogen-bond donors (Lipinski definition) is 3. The third kappa shape index (κ3) is 7.42. The number of likely N-dealkylation sites (N-methyl/N-ethyl adjacent to an activating group) is 1. The van der Waals surface area contributed by atoms with Gasteiger partial charge in [0.15, 0.2) is 0 Å². The molecule has 0 aromatic rings. The number of nitrogens with one attached hydrogen (secondary N) is 2. The van der Waals surface area contributed by atoms with Crippen LogP contribution in [0.3, 0.4) is 0 Å². The molecule has 0 rings (SSSR count). The molecule has 0 fully saturated rings. The van der Waals surface area contributed by atoms with E-state index < -0.39 is 5.54 Å². The fourth-order valence-corrected chi connectivity index (χ4v) is 2.81. The van der Waals surface area contributed by atoms with Gasteiger partial charge in [-0.15, -0.1) is 11.8 Å². The second kappa shape index (κ2) is 9.20. The summed E-state index contributed by atoms with van der Waals surface area (Å²) >= 11 is 1.55. The highest BCUT2D eigenvalue weighted by Gasteiger charge is 2.31. The lowest BCUT2D eigenvalue weighted by molar-refractivity contribution is -0.124. The van der Waals surface area contributed by atoms with Crippen LogP contribution in [0.25, 0.3) is 0 Å². The van der Waals surface area contributed by atoms with Crippen LogP contribution in [0.15, 0.2) is 0 Å². The van der Waals surface area contributed by atoms with Crippen LogP contribution < -0.4 is 16.4 Å². The molecule has 0 aliphatic carbocycles. The molecule has 19 heavy (non-hydrogen) atoms. The fraction of sp³-hybridized carbons (Fsp3) is 0.846. The van der Waals surface area contributed by atoms with Gasteiger partial charge in [0.1, 0.15) is 0 Å². The summed E-state index contributed by atoms with van der Waals surface area (Å²) in [6.45, 7) is 9.18. The van der Waals surface area contributed by atoms with Crippen molar-refractivity contribution in [3.8, 4) is 0 Å². The van der Waals surface area contributed by atoms with Gasteiger partial charge in [0.05, 0.1) is 11.3 Å². The van der Waals surface area contributed by atoms with E-state index in [1.54, 1.807) is 11.8 Å². The summed E-state index contributed by atoms with van der Waals surface area (Å²) in [6.07, 6.45) is 1.55. The van der Waals surface area contributed by atoms with Gasteiger partial charge in [-0.25, -0.2) is 0 Å².